The van der Waals surface area contributed by atoms with Gasteiger partial charge in [0, 0.05) is 23.2 Å². The van der Waals surface area contributed by atoms with Crippen LogP contribution in [0.1, 0.15) is 12.8 Å². The van der Waals surface area contributed by atoms with E-state index in [1.807, 2.05) is 0 Å². The van der Waals surface area contributed by atoms with Crippen molar-refractivity contribution in [3.05, 3.63) is 46.4 Å². The van der Waals surface area contributed by atoms with E-state index in [0.29, 0.717) is 22.2 Å². The van der Waals surface area contributed by atoms with Gasteiger partial charge < -0.3 is 24.3 Å². The van der Waals surface area contributed by atoms with Crippen molar-refractivity contribution in [1.82, 2.24) is 0 Å². The second-order valence-electron chi connectivity index (χ2n) is 6.06. The van der Waals surface area contributed by atoms with Crippen molar-refractivity contribution in [2.45, 2.75) is 19.1 Å². The molecule has 1 N–H and O–H groups in total. The third-order valence-electron chi connectivity index (χ3n) is 3.73. The Morgan fingerprint density at radius 3 is 2.60 bits per heavy atom. The molecule has 0 bridgehead atoms. The molecule has 0 fully saturated rings. The highest BCUT2D eigenvalue weighted by molar-refractivity contribution is 6.35. The number of ether oxygens (including phenoxy) is 4. The lowest BCUT2D eigenvalue weighted by Gasteiger charge is -2.09. The first-order valence-electron chi connectivity index (χ1n) is 8.65. The highest BCUT2D eigenvalue weighted by Crippen LogP contribution is 2.42. The summed E-state index contributed by atoms with van der Waals surface area (Å²) in [4.78, 5) is 23.6. The van der Waals surface area contributed by atoms with E-state index < -0.39 is 24.8 Å². The predicted octanol–water partition coefficient (Wildman–Crippen LogP) is 4.66. The quantitative estimate of drug-likeness (QED) is 0.454. The Morgan fingerprint density at radius 1 is 1.07 bits per heavy atom. The zero-order valence-electron chi connectivity index (χ0n) is 15.3. The van der Waals surface area contributed by atoms with Crippen LogP contribution in [-0.4, -0.2) is 31.4 Å². The minimum absolute atomic E-state index is 0.0254. The van der Waals surface area contributed by atoms with Gasteiger partial charge in [0.25, 0.3) is 5.91 Å². The predicted molar refractivity (Wildman–Crippen MR) is 103 cm³/mol. The van der Waals surface area contributed by atoms with Crippen molar-refractivity contribution >= 4 is 40.8 Å². The molecule has 0 aromatic heterocycles. The molecule has 2 aromatic rings. The van der Waals surface area contributed by atoms with Gasteiger partial charge >= 0.3 is 12.3 Å². The molecule has 1 aliphatic heterocycles. The summed E-state index contributed by atoms with van der Waals surface area (Å²) in [7, 11) is 0. The Balaban J connectivity index is 1.35. The number of anilines is 1. The fraction of sp³-hybridized carbons (Fsp3) is 0.263. The van der Waals surface area contributed by atoms with Gasteiger partial charge in [0.05, 0.1) is 11.6 Å². The molecule has 0 saturated carbocycles. The van der Waals surface area contributed by atoms with Crippen LogP contribution in [0.25, 0.3) is 0 Å². The Hall–Kier alpha value is -2.78. The summed E-state index contributed by atoms with van der Waals surface area (Å²) in [6.07, 6.45) is -3.38. The zero-order valence-corrected chi connectivity index (χ0v) is 16.8. The summed E-state index contributed by atoms with van der Waals surface area (Å²) >= 11 is 11.8. The number of esters is 1. The number of hydrogen-bond acceptors (Lipinski definition) is 6. The van der Waals surface area contributed by atoms with Gasteiger partial charge in [0.1, 0.15) is 5.75 Å². The average molecular weight is 462 g/mol. The minimum atomic E-state index is -3.75. The van der Waals surface area contributed by atoms with Crippen LogP contribution in [-0.2, 0) is 14.3 Å². The minimum Gasteiger partial charge on any atom is -0.492 e. The second-order valence-corrected chi connectivity index (χ2v) is 6.91. The van der Waals surface area contributed by atoms with E-state index in [1.165, 1.54) is 24.3 Å². The molecule has 0 spiro atoms. The first-order valence-corrected chi connectivity index (χ1v) is 9.41. The third kappa shape index (κ3) is 6.11. The molecule has 1 heterocycles. The number of rotatable bonds is 8. The van der Waals surface area contributed by atoms with E-state index >= 15 is 0 Å². The van der Waals surface area contributed by atoms with Crippen LogP contribution < -0.4 is 19.5 Å². The van der Waals surface area contributed by atoms with Crippen molar-refractivity contribution in [1.29, 1.82) is 0 Å². The lowest BCUT2D eigenvalue weighted by Crippen LogP contribution is -2.25. The van der Waals surface area contributed by atoms with E-state index in [1.54, 1.807) is 12.1 Å². The van der Waals surface area contributed by atoms with E-state index in [4.69, 9.17) is 32.7 Å². The summed E-state index contributed by atoms with van der Waals surface area (Å²) in [5.41, 5.74) is 0.185. The first kappa shape index (κ1) is 21.9. The molecule has 1 amide bonds. The number of nitrogens with one attached hydrogen (secondary N) is 1. The SMILES string of the molecule is O=C(COC(=O)CCCOc1ccc(Cl)cc1Cl)Nc1ccc2c(c1)OC(F)(F)O2. The van der Waals surface area contributed by atoms with Crippen LogP contribution in [0.2, 0.25) is 10.0 Å². The molecule has 0 saturated heterocycles. The number of carbonyl (C=O) groups is 2. The van der Waals surface area contributed by atoms with Gasteiger partial charge in [-0.1, -0.05) is 23.2 Å². The van der Waals surface area contributed by atoms with Crippen LogP contribution in [0.15, 0.2) is 36.4 Å². The van der Waals surface area contributed by atoms with Gasteiger partial charge in [0.2, 0.25) is 0 Å². The summed E-state index contributed by atoms with van der Waals surface area (Å²) in [6, 6.07) is 8.53. The number of amides is 1. The third-order valence-corrected chi connectivity index (χ3v) is 4.26. The molecule has 160 valence electrons. The maximum absolute atomic E-state index is 13.0. The number of fused-ring (bicyclic) bond motifs is 1. The molecular formula is C19H15Cl2F2NO6. The normalized spacial score (nSPS) is 13.6. The summed E-state index contributed by atoms with van der Waals surface area (Å²) in [5, 5.41) is 3.24. The fourth-order valence-electron chi connectivity index (χ4n) is 2.43. The van der Waals surface area contributed by atoms with E-state index in [9.17, 15) is 18.4 Å². The monoisotopic (exact) mass is 461 g/mol. The fourth-order valence-corrected chi connectivity index (χ4v) is 2.90. The Labute approximate surface area is 179 Å². The molecule has 0 aliphatic carbocycles. The number of alkyl halides is 2. The molecule has 1 aliphatic rings. The van der Waals surface area contributed by atoms with Gasteiger partial charge in [-0.2, -0.15) is 0 Å². The molecule has 2 aromatic carbocycles. The molecule has 0 radical (unpaired) electrons. The standard InChI is InChI=1S/C19H15Cl2F2NO6/c20-11-3-5-14(13(21)8-11)27-7-1-2-18(26)28-10-17(25)24-12-4-6-15-16(9-12)30-19(22,23)29-15/h3-6,8-9H,1-2,7,10H2,(H,24,25). The zero-order chi connectivity index (χ0) is 21.7. The summed E-state index contributed by atoms with van der Waals surface area (Å²) < 4.78 is 44.8. The molecule has 30 heavy (non-hydrogen) atoms. The van der Waals surface area contributed by atoms with Crippen molar-refractivity contribution in [3.63, 3.8) is 0 Å². The molecule has 3 rings (SSSR count). The van der Waals surface area contributed by atoms with Gasteiger partial charge in [0.15, 0.2) is 18.1 Å². The largest absolute Gasteiger partial charge is 0.586 e. The number of benzene rings is 2. The van der Waals surface area contributed by atoms with Crippen molar-refractivity contribution in [2.24, 2.45) is 0 Å². The molecule has 11 heteroatoms. The molecule has 0 atom stereocenters. The highest BCUT2D eigenvalue weighted by atomic mass is 35.5. The van der Waals surface area contributed by atoms with E-state index in [2.05, 4.69) is 14.8 Å². The summed E-state index contributed by atoms with van der Waals surface area (Å²) in [6.45, 7) is -0.322. The number of hydrogen-bond donors (Lipinski definition) is 1. The smallest absolute Gasteiger partial charge is 0.492 e. The Bertz CT molecular complexity index is 957. The Morgan fingerprint density at radius 2 is 1.83 bits per heavy atom. The van der Waals surface area contributed by atoms with Crippen LogP contribution in [0, 0.1) is 0 Å². The van der Waals surface area contributed by atoms with E-state index in [0.717, 1.165) is 0 Å². The van der Waals surface area contributed by atoms with Crippen LogP contribution >= 0.6 is 23.2 Å². The van der Waals surface area contributed by atoms with Crippen LogP contribution in [0.4, 0.5) is 14.5 Å². The average Bonchev–Trinajstić information content (AvgIpc) is 2.98. The maximum Gasteiger partial charge on any atom is 0.586 e. The first-order chi connectivity index (χ1) is 14.2. The van der Waals surface area contributed by atoms with Crippen molar-refractivity contribution in [2.75, 3.05) is 18.5 Å². The van der Waals surface area contributed by atoms with Gasteiger partial charge in [-0.3, -0.25) is 9.59 Å². The lowest BCUT2D eigenvalue weighted by atomic mass is 10.3. The van der Waals surface area contributed by atoms with Gasteiger partial charge in [-0.15, -0.1) is 8.78 Å². The molecule has 0 unspecified atom stereocenters. The van der Waals surface area contributed by atoms with E-state index in [-0.39, 0.29) is 30.2 Å². The topological polar surface area (TPSA) is 83.1 Å². The molecular weight excluding hydrogens is 447 g/mol. The maximum atomic E-state index is 13.0. The lowest BCUT2D eigenvalue weighted by molar-refractivity contribution is -0.286. The Kier molecular flexibility index (Phi) is 6.84. The second kappa shape index (κ2) is 9.36. The van der Waals surface area contributed by atoms with Gasteiger partial charge in [-0.25, -0.2) is 0 Å². The number of halogens is 4. The van der Waals surface area contributed by atoms with Crippen molar-refractivity contribution < 1.29 is 37.3 Å². The summed E-state index contributed by atoms with van der Waals surface area (Å²) in [5.74, 6) is -1.16. The van der Waals surface area contributed by atoms with Gasteiger partial charge in [-0.05, 0) is 36.8 Å². The van der Waals surface area contributed by atoms with Crippen LogP contribution in [0.3, 0.4) is 0 Å². The van der Waals surface area contributed by atoms with Crippen LogP contribution in [0.5, 0.6) is 17.2 Å². The van der Waals surface area contributed by atoms with Crippen molar-refractivity contribution in [3.8, 4) is 17.2 Å². The number of carbonyl (C=O) groups excluding carboxylic acids is 2. The molecule has 7 nitrogen and oxygen atoms in total. The highest BCUT2D eigenvalue weighted by Gasteiger charge is 2.43.